The first-order chi connectivity index (χ1) is 8.75. The fraction of sp³-hybridized carbons (Fsp3) is 0.500. The number of anilines is 1. The lowest BCUT2D eigenvalue weighted by Gasteiger charge is -2.30. The third-order valence-corrected chi connectivity index (χ3v) is 4.05. The summed E-state index contributed by atoms with van der Waals surface area (Å²) >= 11 is 0. The van der Waals surface area contributed by atoms with E-state index in [-0.39, 0.29) is 5.82 Å². The summed E-state index contributed by atoms with van der Waals surface area (Å²) in [7, 11) is 0. The summed E-state index contributed by atoms with van der Waals surface area (Å²) in [6.07, 6.45) is 5.05. The van der Waals surface area contributed by atoms with Gasteiger partial charge >= 0.3 is 0 Å². The molecule has 0 radical (unpaired) electrons. The number of aliphatic imine (C=N–C) groups is 1. The van der Waals surface area contributed by atoms with Crippen molar-refractivity contribution in [3.63, 3.8) is 0 Å². The summed E-state index contributed by atoms with van der Waals surface area (Å²) in [6, 6.07) is 6.93. The van der Waals surface area contributed by atoms with E-state index in [2.05, 4.69) is 4.99 Å². The van der Waals surface area contributed by atoms with Crippen molar-refractivity contribution in [1.82, 2.24) is 0 Å². The normalized spacial score (nSPS) is 24.6. The lowest BCUT2D eigenvalue weighted by Crippen LogP contribution is -2.44. The summed E-state index contributed by atoms with van der Waals surface area (Å²) in [5, 5.41) is 0. The SMILES string of the molecule is NC1=NCC(C2CCCC2)N1c1cccc(F)c1. The fourth-order valence-corrected chi connectivity index (χ4v) is 3.17. The van der Waals surface area contributed by atoms with E-state index in [0.717, 1.165) is 12.2 Å². The van der Waals surface area contributed by atoms with Crippen LogP contribution in [0.25, 0.3) is 0 Å². The number of nitrogens with zero attached hydrogens (tertiary/aromatic N) is 2. The Balaban J connectivity index is 1.89. The van der Waals surface area contributed by atoms with Gasteiger partial charge in [-0.3, -0.25) is 4.99 Å². The Kier molecular flexibility index (Phi) is 2.94. The molecule has 0 amide bonds. The van der Waals surface area contributed by atoms with Crippen molar-refractivity contribution >= 4 is 11.6 Å². The molecule has 0 aromatic heterocycles. The lowest BCUT2D eigenvalue weighted by molar-refractivity contribution is 0.450. The standard InChI is InChI=1S/C14H18FN3/c15-11-6-3-7-12(8-11)18-13(9-17-14(18)16)10-4-1-2-5-10/h3,6-8,10,13H,1-2,4-5,9H2,(H2,16,17). The smallest absolute Gasteiger partial charge is 0.196 e. The fourth-order valence-electron chi connectivity index (χ4n) is 3.17. The van der Waals surface area contributed by atoms with Crippen molar-refractivity contribution in [1.29, 1.82) is 0 Å². The molecule has 3 rings (SSSR count). The highest BCUT2D eigenvalue weighted by Crippen LogP contribution is 2.34. The van der Waals surface area contributed by atoms with Crippen LogP contribution >= 0.6 is 0 Å². The summed E-state index contributed by atoms with van der Waals surface area (Å²) in [4.78, 5) is 6.36. The molecule has 1 saturated carbocycles. The molecular formula is C14H18FN3. The number of hydrogen-bond acceptors (Lipinski definition) is 3. The highest BCUT2D eigenvalue weighted by atomic mass is 19.1. The number of rotatable bonds is 2. The Bertz CT molecular complexity index is 466. The van der Waals surface area contributed by atoms with Gasteiger partial charge < -0.3 is 10.6 Å². The van der Waals surface area contributed by atoms with Gasteiger partial charge in [-0.15, -0.1) is 0 Å². The maximum Gasteiger partial charge on any atom is 0.196 e. The molecule has 1 aliphatic heterocycles. The molecule has 1 unspecified atom stereocenters. The van der Waals surface area contributed by atoms with Gasteiger partial charge in [-0.2, -0.15) is 0 Å². The highest BCUT2D eigenvalue weighted by molar-refractivity contribution is 5.97. The Hall–Kier alpha value is -1.58. The Morgan fingerprint density at radius 3 is 2.78 bits per heavy atom. The van der Waals surface area contributed by atoms with Gasteiger partial charge in [-0.05, 0) is 37.0 Å². The van der Waals surface area contributed by atoms with Gasteiger partial charge in [0.1, 0.15) is 5.82 Å². The Morgan fingerprint density at radius 2 is 2.06 bits per heavy atom. The van der Waals surface area contributed by atoms with Gasteiger partial charge in [-0.25, -0.2) is 4.39 Å². The number of nitrogens with two attached hydrogens (primary N) is 1. The van der Waals surface area contributed by atoms with E-state index in [4.69, 9.17) is 5.73 Å². The van der Waals surface area contributed by atoms with Crippen LogP contribution in [0, 0.1) is 11.7 Å². The number of benzene rings is 1. The van der Waals surface area contributed by atoms with Gasteiger partial charge in [0, 0.05) is 5.69 Å². The molecule has 3 nitrogen and oxygen atoms in total. The Morgan fingerprint density at radius 1 is 1.28 bits per heavy atom. The van der Waals surface area contributed by atoms with E-state index in [1.54, 1.807) is 6.07 Å². The predicted molar refractivity (Wildman–Crippen MR) is 71.1 cm³/mol. The van der Waals surface area contributed by atoms with Crippen LogP contribution in [0.5, 0.6) is 0 Å². The summed E-state index contributed by atoms with van der Waals surface area (Å²) < 4.78 is 13.3. The molecule has 1 aromatic rings. The van der Waals surface area contributed by atoms with Gasteiger partial charge in [0.25, 0.3) is 0 Å². The molecule has 2 aliphatic rings. The Labute approximate surface area is 106 Å². The van der Waals surface area contributed by atoms with Crippen molar-refractivity contribution in [2.75, 3.05) is 11.4 Å². The molecule has 1 aliphatic carbocycles. The molecule has 4 heteroatoms. The molecule has 1 fully saturated rings. The van der Waals surface area contributed by atoms with E-state index in [9.17, 15) is 4.39 Å². The lowest BCUT2D eigenvalue weighted by atomic mass is 9.97. The average Bonchev–Trinajstić information content (AvgIpc) is 2.97. The minimum atomic E-state index is -0.225. The summed E-state index contributed by atoms with van der Waals surface area (Å²) in [5.41, 5.74) is 6.80. The van der Waals surface area contributed by atoms with Crippen LogP contribution in [0.4, 0.5) is 10.1 Å². The van der Waals surface area contributed by atoms with Crippen LogP contribution in [0.15, 0.2) is 29.3 Å². The first-order valence-electron chi connectivity index (χ1n) is 6.60. The predicted octanol–water partition coefficient (Wildman–Crippen LogP) is 2.52. The number of hydrogen-bond donors (Lipinski definition) is 1. The molecule has 1 heterocycles. The highest BCUT2D eigenvalue weighted by Gasteiger charge is 2.35. The van der Waals surface area contributed by atoms with Gasteiger partial charge in [0.15, 0.2) is 5.96 Å². The molecule has 0 saturated heterocycles. The molecule has 2 N–H and O–H groups in total. The van der Waals surface area contributed by atoms with Crippen LogP contribution in [-0.2, 0) is 0 Å². The van der Waals surface area contributed by atoms with E-state index < -0.39 is 0 Å². The van der Waals surface area contributed by atoms with E-state index >= 15 is 0 Å². The summed E-state index contributed by atoms with van der Waals surface area (Å²) in [6.45, 7) is 0.743. The maximum absolute atomic E-state index is 13.3. The topological polar surface area (TPSA) is 41.6 Å². The van der Waals surface area contributed by atoms with Gasteiger partial charge in [0.2, 0.25) is 0 Å². The second-order valence-electron chi connectivity index (χ2n) is 5.16. The van der Waals surface area contributed by atoms with Crippen LogP contribution in [-0.4, -0.2) is 18.5 Å². The largest absolute Gasteiger partial charge is 0.370 e. The average molecular weight is 247 g/mol. The van der Waals surface area contributed by atoms with Gasteiger partial charge in [-0.1, -0.05) is 18.9 Å². The molecule has 96 valence electrons. The summed E-state index contributed by atoms with van der Waals surface area (Å²) in [5.74, 6) is 0.938. The monoisotopic (exact) mass is 247 g/mol. The molecule has 0 bridgehead atoms. The quantitative estimate of drug-likeness (QED) is 0.872. The zero-order valence-corrected chi connectivity index (χ0v) is 10.3. The third kappa shape index (κ3) is 1.96. The van der Waals surface area contributed by atoms with Crippen LogP contribution in [0.2, 0.25) is 0 Å². The zero-order valence-electron chi connectivity index (χ0n) is 10.3. The molecule has 1 atom stereocenters. The van der Waals surface area contributed by atoms with E-state index in [1.807, 2.05) is 11.0 Å². The van der Waals surface area contributed by atoms with Crippen molar-refractivity contribution in [2.24, 2.45) is 16.6 Å². The molecule has 1 aromatic carbocycles. The first kappa shape index (κ1) is 11.5. The minimum Gasteiger partial charge on any atom is -0.370 e. The third-order valence-electron chi connectivity index (χ3n) is 4.05. The minimum absolute atomic E-state index is 0.225. The zero-order chi connectivity index (χ0) is 12.5. The van der Waals surface area contributed by atoms with Crippen LogP contribution < -0.4 is 10.6 Å². The number of halogens is 1. The van der Waals surface area contributed by atoms with Crippen LogP contribution in [0.1, 0.15) is 25.7 Å². The second kappa shape index (κ2) is 4.59. The van der Waals surface area contributed by atoms with Crippen molar-refractivity contribution in [3.05, 3.63) is 30.1 Å². The molecule has 0 spiro atoms. The molecule has 18 heavy (non-hydrogen) atoms. The first-order valence-corrected chi connectivity index (χ1v) is 6.60. The second-order valence-corrected chi connectivity index (χ2v) is 5.16. The van der Waals surface area contributed by atoms with Crippen molar-refractivity contribution in [3.8, 4) is 0 Å². The molecular weight excluding hydrogens is 229 g/mol. The van der Waals surface area contributed by atoms with Crippen molar-refractivity contribution in [2.45, 2.75) is 31.7 Å². The van der Waals surface area contributed by atoms with Crippen LogP contribution in [0.3, 0.4) is 0 Å². The van der Waals surface area contributed by atoms with E-state index in [1.165, 1.54) is 37.8 Å². The van der Waals surface area contributed by atoms with Gasteiger partial charge in [0.05, 0.1) is 12.6 Å². The van der Waals surface area contributed by atoms with E-state index in [0.29, 0.717) is 17.9 Å². The number of guanidine groups is 1. The van der Waals surface area contributed by atoms with Crippen molar-refractivity contribution < 1.29 is 4.39 Å². The maximum atomic E-state index is 13.3.